The van der Waals surface area contributed by atoms with Gasteiger partial charge in [0.25, 0.3) is 0 Å². The number of alkyl halides is 3. The van der Waals surface area contributed by atoms with Crippen LogP contribution in [-0.4, -0.2) is 45.3 Å². The molecule has 1 aromatic carbocycles. The molecule has 0 spiro atoms. The van der Waals surface area contributed by atoms with Crippen molar-refractivity contribution in [2.45, 2.75) is 25.1 Å². The highest BCUT2D eigenvalue weighted by Crippen LogP contribution is 2.37. The number of carboxylic acids is 1. The molecule has 0 bridgehead atoms. The number of aliphatic carboxylic acids is 1. The molecule has 2 atom stereocenters. The van der Waals surface area contributed by atoms with Crippen LogP contribution in [0.15, 0.2) is 42.7 Å². The summed E-state index contributed by atoms with van der Waals surface area (Å²) in [6, 6.07) is 9.62. The van der Waals surface area contributed by atoms with Crippen molar-refractivity contribution in [1.29, 1.82) is 0 Å². The Bertz CT molecular complexity index is 816. The first-order valence-corrected chi connectivity index (χ1v) is 8.32. The van der Waals surface area contributed by atoms with E-state index in [0.29, 0.717) is 0 Å². The van der Waals surface area contributed by atoms with E-state index in [0.717, 1.165) is 18.0 Å². The second kappa shape index (κ2) is 7.15. The summed E-state index contributed by atoms with van der Waals surface area (Å²) in [5.41, 5.74) is -1.93. The lowest BCUT2D eigenvalue weighted by molar-refractivity contribution is -0.157. The topological polar surface area (TPSA) is 86.5 Å². The largest absolute Gasteiger partial charge is 0.481 e. The molecule has 6 nitrogen and oxygen atoms in total. The van der Waals surface area contributed by atoms with Gasteiger partial charge in [0.05, 0.1) is 6.10 Å². The van der Waals surface area contributed by atoms with Crippen molar-refractivity contribution in [3.05, 3.63) is 54.0 Å². The Kier molecular flexibility index (Phi) is 5.05. The number of aliphatic hydroxyl groups excluding tert-OH is 1. The standard InChI is InChI=1S/C18H18F3N3O3/c19-18(20,21)13-8-15(23-11-22-13)24-7-6-14(25)17(10-24,16(26)27)9-12-4-2-1-3-5-12/h1-5,8,11,14,25H,6-7,9-10H2,(H,26,27)/t14-,17-/m1/s1. The van der Waals surface area contributed by atoms with Crippen LogP contribution in [0.1, 0.15) is 17.7 Å². The van der Waals surface area contributed by atoms with Crippen LogP contribution >= 0.6 is 0 Å². The number of piperidine rings is 1. The van der Waals surface area contributed by atoms with Crippen molar-refractivity contribution >= 4 is 11.8 Å². The number of nitrogens with zero attached hydrogens (tertiary/aromatic N) is 3. The molecule has 1 fully saturated rings. The number of benzene rings is 1. The van der Waals surface area contributed by atoms with E-state index in [1.165, 1.54) is 4.90 Å². The van der Waals surface area contributed by atoms with Gasteiger partial charge in [0.1, 0.15) is 23.3 Å². The third kappa shape index (κ3) is 3.87. The van der Waals surface area contributed by atoms with Gasteiger partial charge in [-0.05, 0) is 18.4 Å². The van der Waals surface area contributed by atoms with Gasteiger partial charge in [-0.1, -0.05) is 30.3 Å². The lowest BCUT2D eigenvalue weighted by Gasteiger charge is -2.44. The van der Waals surface area contributed by atoms with Gasteiger partial charge in [-0.15, -0.1) is 0 Å². The highest BCUT2D eigenvalue weighted by Gasteiger charge is 2.49. The van der Waals surface area contributed by atoms with E-state index >= 15 is 0 Å². The summed E-state index contributed by atoms with van der Waals surface area (Å²) < 4.78 is 38.8. The van der Waals surface area contributed by atoms with Crippen molar-refractivity contribution < 1.29 is 28.2 Å². The third-order valence-electron chi connectivity index (χ3n) is 4.84. The van der Waals surface area contributed by atoms with Gasteiger partial charge >= 0.3 is 12.1 Å². The highest BCUT2D eigenvalue weighted by molar-refractivity contribution is 5.77. The lowest BCUT2D eigenvalue weighted by atomic mass is 9.73. The Morgan fingerprint density at radius 3 is 2.59 bits per heavy atom. The van der Waals surface area contributed by atoms with Crippen LogP contribution in [0, 0.1) is 5.41 Å². The molecule has 27 heavy (non-hydrogen) atoms. The second-order valence-corrected chi connectivity index (χ2v) is 6.61. The molecule has 0 amide bonds. The molecule has 2 N–H and O–H groups in total. The van der Waals surface area contributed by atoms with Crippen LogP contribution < -0.4 is 4.90 Å². The normalized spacial score (nSPS) is 23.3. The Morgan fingerprint density at radius 1 is 1.26 bits per heavy atom. The zero-order chi connectivity index (χ0) is 19.7. The summed E-state index contributed by atoms with van der Waals surface area (Å²) in [6.45, 7) is 0.0337. The van der Waals surface area contributed by atoms with Crippen LogP contribution in [0.3, 0.4) is 0 Å². The number of carbonyl (C=O) groups is 1. The molecular weight excluding hydrogens is 363 g/mol. The molecular formula is C18H18F3N3O3. The van der Waals surface area contributed by atoms with E-state index in [1.807, 2.05) is 0 Å². The molecule has 9 heteroatoms. The van der Waals surface area contributed by atoms with Crippen LogP contribution in [-0.2, 0) is 17.4 Å². The molecule has 2 aromatic rings. The highest BCUT2D eigenvalue weighted by atomic mass is 19.4. The van der Waals surface area contributed by atoms with Gasteiger partial charge in [0.15, 0.2) is 0 Å². The summed E-state index contributed by atoms with van der Waals surface area (Å²) in [6.07, 6.45) is -4.79. The lowest BCUT2D eigenvalue weighted by Crippen LogP contribution is -2.57. The minimum Gasteiger partial charge on any atom is -0.481 e. The molecule has 3 rings (SSSR count). The summed E-state index contributed by atoms with van der Waals surface area (Å²) in [4.78, 5) is 20.7. The molecule has 0 saturated carbocycles. The molecule has 1 aliphatic heterocycles. The maximum absolute atomic E-state index is 12.9. The quantitative estimate of drug-likeness (QED) is 0.846. The zero-order valence-corrected chi connectivity index (χ0v) is 14.2. The summed E-state index contributed by atoms with van der Waals surface area (Å²) in [7, 11) is 0. The van der Waals surface area contributed by atoms with Crippen LogP contribution in [0.25, 0.3) is 0 Å². The number of hydrogen-bond acceptors (Lipinski definition) is 5. The molecule has 2 heterocycles. The summed E-state index contributed by atoms with van der Waals surface area (Å²) in [5.74, 6) is -1.21. The van der Waals surface area contributed by atoms with Crippen molar-refractivity contribution in [2.75, 3.05) is 18.0 Å². The SMILES string of the molecule is O=C(O)[C@]1(Cc2ccccc2)CN(c2cc(C(F)(F)F)ncn2)CC[C@H]1O. The van der Waals surface area contributed by atoms with Gasteiger partial charge in [0.2, 0.25) is 0 Å². The number of anilines is 1. The van der Waals surface area contributed by atoms with E-state index in [4.69, 9.17) is 0 Å². The molecule has 1 aromatic heterocycles. The third-order valence-corrected chi connectivity index (χ3v) is 4.84. The fourth-order valence-electron chi connectivity index (χ4n) is 3.37. The Labute approximate surface area is 153 Å². The number of hydrogen-bond donors (Lipinski definition) is 2. The fraction of sp³-hybridized carbons (Fsp3) is 0.389. The predicted octanol–water partition coefficient (Wildman–Crippen LogP) is 2.38. The van der Waals surface area contributed by atoms with Crippen molar-refractivity contribution in [3.8, 4) is 0 Å². The number of aromatic nitrogens is 2. The van der Waals surface area contributed by atoms with Crippen molar-refractivity contribution in [1.82, 2.24) is 9.97 Å². The average molecular weight is 381 g/mol. The molecule has 144 valence electrons. The van der Waals surface area contributed by atoms with Gasteiger partial charge in [-0.25, -0.2) is 9.97 Å². The number of rotatable bonds is 4. The van der Waals surface area contributed by atoms with E-state index in [-0.39, 0.29) is 31.7 Å². The number of halogens is 3. The van der Waals surface area contributed by atoms with Crippen molar-refractivity contribution in [2.24, 2.45) is 5.41 Å². The second-order valence-electron chi connectivity index (χ2n) is 6.61. The fourth-order valence-corrected chi connectivity index (χ4v) is 3.37. The van der Waals surface area contributed by atoms with Crippen molar-refractivity contribution in [3.63, 3.8) is 0 Å². The summed E-state index contributed by atoms with van der Waals surface area (Å²) in [5, 5.41) is 20.3. The van der Waals surface area contributed by atoms with Gasteiger partial charge in [0, 0.05) is 19.2 Å². The van der Waals surface area contributed by atoms with Crippen LogP contribution in [0.2, 0.25) is 0 Å². The monoisotopic (exact) mass is 381 g/mol. The Balaban J connectivity index is 1.93. The minimum absolute atomic E-state index is 0.0112. The minimum atomic E-state index is -4.62. The predicted molar refractivity (Wildman–Crippen MR) is 90.1 cm³/mol. The first-order valence-electron chi connectivity index (χ1n) is 8.32. The van der Waals surface area contributed by atoms with E-state index < -0.39 is 29.4 Å². The Hall–Kier alpha value is -2.68. The maximum atomic E-state index is 12.9. The van der Waals surface area contributed by atoms with Crippen LogP contribution in [0.4, 0.5) is 19.0 Å². The van der Waals surface area contributed by atoms with Gasteiger partial charge < -0.3 is 15.1 Å². The average Bonchev–Trinajstić information content (AvgIpc) is 2.63. The van der Waals surface area contributed by atoms with Crippen LogP contribution in [0.5, 0.6) is 0 Å². The number of aliphatic hydroxyl groups is 1. The molecule has 1 aliphatic rings. The maximum Gasteiger partial charge on any atom is 0.433 e. The molecule has 0 unspecified atom stereocenters. The Morgan fingerprint density at radius 2 is 1.96 bits per heavy atom. The molecule has 0 radical (unpaired) electrons. The number of carboxylic acid groups (broad SMARTS) is 1. The van der Waals surface area contributed by atoms with E-state index in [2.05, 4.69) is 9.97 Å². The first kappa shape index (κ1) is 19.1. The molecule has 0 aliphatic carbocycles. The van der Waals surface area contributed by atoms with Gasteiger partial charge in [-0.3, -0.25) is 4.79 Å². The smallest absolute Gasteiger partial charge is 0.433 e. The first-order chi connectivity index (χ1) is 12.7. The van der Waals surface area contributed by atoms with Gasteiger partial charge in [-0.2, -0.15) is 13.2 Å². The summed E-state index contributed by atoms with van der Waals surface area (Å²) >= 11 is 0. The zero-order valence-electron chi connectivity index (χ0n) is 14.2. The van der Waals surface area contributed by atoms with E-state index in [9.17, 15) is 28.2 Å². The van der Waals surface area contributed by atoms with E-state index in [1.54, 1.807) is 30.3 Å². The molecule has 1 saturated heterocycles.